The Kier molecular flexibility index (Phi) is 8.20. The van der Waals surface area contributed by atoms with E-state index >= 15 is 0 Å². The van der Waals surface area contributed by atoms with Crippen LogP contribution in [0, 0.1) is 0 Å². The van der Waals surface area contributed by atoms with Gasteiger partial charge in [0.15, 0.2) is 0 Å². The van der Waals surface area contributed by atoms with Gasteiger partial charge in [-0.2, -0.15) is 0 Å². The van der Waals surface area contributed by atoms with Gasteiger partial charge < -0.3 is 19.3 Å². The lowest BCUT2D eigenvalue weighted by Gasteiger charge is -2.41. The van der Waals surface area contributed by atoms with Crippen molar-refractivity contribution in [3.05, 3.63) is 15.6 Å². The van der Waals surface area contributed by atoms with Crippen molar-refractivity contribution in [3.63, 3.8) is 0 Å². The largest absolute Gasteiger partial charge is 0.462 e. The third kappa shape index (κ3) is 6.22. The van der Waals surface area contributed by atoms with Gasteiger partial charge in [-0.15, -0.1) is 11.3 Å². The van der Waals surface area contributed by atoms with E-state index < -0.39 is 5.60 Å². The summed E-state index contributed by atoms with van der Waals surface area (Å²) in [6.45, 7) is 15.7. The van der Waals surface area contributed by atoms with E-state index in [0.717, 1.165) is 62.6 Å². The first-order valence-electron chi connectivity index (χ1n) is 12.0. The first kappa shape index (κ1) is 25.0. The van der Waals surface area contributed by atoms with E-state index in [9.17, 15) is 9.59 Å². The fourth-order valence-electron chi connectivity index (χ4n) is 4.51. The van der Waals surface area contributed by atoms with Gasteiger partial charge in [-0.25, -0.2) is 14.6 Å². The highest BCUT2D eigenvalue weighted by Gasteiger charge is 2.33. The molecule has 3 rings (SSSR count). The zero-order valence-electron chi connectivity index (χ0n) is 20.5. The van der Waals surface area contributed by atoms with Crippen LogP contribution in [0.25, 0.3) is 0 Å². The molecule has 0 saturated carbocycles. The van der Waals surface area contributed by atoms with Gasteiger partial charge in [0.2, 0.25) is 0 Å². The Morgan fingerprint density at radius 3 is 2.25 bits per heavy atom. The summed E-state index contributed by atoms with van der Waals surface area (Å²) in [5, 5.41) is 1.08. The number of thiazole rings is 1. The number of nitrogens with zero attached hydrogens (tertiary/aromatic N) is 3. The number of rotatable bonds is 5. The first-order chi connectivity index (χ1) is 15.1. The lowest BCUT2D eigenvalue weighted by Crippen LogP contribution is -2.49. The van der Waals surface area contributed by atoms with Crippen LogP contribution in [0.2, 0.25) is 0 Å². The van der Waals surface area contributed by atoms with Gasteiger partial charge in [0.05, 0.1) is 17.3 Å². The SMILES string of the molecule is CCOC(=O)c1sc(C2CCN(C3CCN(C(=O)OC(C)(C)C)CC3)CC2)nc1C(C)C. The first-order valence-corrected chi connectivity index (χ1v) is 12.8. The van der Waals surface area contributed by atoms with E-state index in [-0.39, 0.29) is 18.0 Å². The molecule has 1 aromatic rings. The number of carbonyl (C=O) groups excluding carboxylic acids is 2. The number of likely N-dealkylation sites (tertiary alicyclic amines) is 2. The van der Waals surface area contributed by atoms with Crippen molar-refractivity contribution in [2.24, 2.45) is 0 Å². The molecule has 2 aliphatic rings. The van der Waals surface area contributed by atoms with E-state index in [4.69, 9.17) is 14.5 Å². The van der Waals surface area contributed by atoms with Gasteiger partial charge in [0.25, 0.3) is 0 Å². The summed E-state index contributed by atoms with van der Waals surface area (Å²) in [6.07, 6.45) is 3.90. The Bertz CT molecular complexity index is 786. The molecule has 32 heavy (non-hydrogen) atoms. The van der Waals surface area contributed by atoms with Crippen molar-refractivity contribution in [2.45, 2.75) is 90.7 Å². The molecule has 0 unspecified atom stereocenters. The van der Waals surface area contributed by atoms with Crippen LogP contribution in [-0.2, 0) is 9.47 Å². The molecule has 0 aliphatic carbocycles. The maximum absolute atomic E-state index is 12.4. The van der Waals surface area contributed by atoms with E-state index in [1.807, 2.05) is 32.6 Å². The molecular weight excluding hydrogens is 426 g/mol. The van der Waals surface area contributed by atoms with E-state index in [0.29, 0.717) is 23.4 Å². The zero-order valence-corrected chi connectivity index (χ0v) is 21.3. The van der Waals surface area contributed by atoms with Crippen LogP contribution in [0.1, 0.15) is 99.4 Å². The highest BCUT2D eigenvalue weighted by Crippen LogP contribution is 2.36. The third-order valence-electron chi connectivity index (χ3n) is 6.19. The number of esters is 1. The normalized spacial score (nSPS) is 19.4. The van der Waals surface area contributed by atoms with Crippen molar-refractivity contribution in [1.82, 2.24) is 14.8 Å². The summed E-state index contributed by atoms with van der Waals surface area (Å²) < 4.78 is 10.8. The molecule has 0 aromatic carbocycles. The number of amides is 1. The van der Waals surface area contributed by atoms with Gasteiger partial charge in [-0.1, -0.05) is 13.8 Å². The molecule has 1 aromatic heterocycles. The average molecular weight is 466 g/mol. The van der Waals surface area contributed by atoms with Crippen molar-refractivity contribution >= 4 is 23.4 Å². The summed E-state index contributed by atoms with van der Waals surface area (Å²) in [5.74, 6) is 0.363. The fourth-order valence-corrected chi connectivity index (χ4v) is 5.79. The number of ether oxygens (including phenoxy) is 2. The second-order valence-electron chi connectivity index (χ2n) is 10.2. The molecule has 0 atom stereocenters. The second-order valence-corrected chi connectivity index (χ2v) is 11.2. The molecule has 0 spiro atoms. The topological polar surface area (TPSA) is 72.0 Å². The standard InChI is InChI=1S/C24H39N3O4S/c1-7-30-22(28)20-19(16(2)3)25-21(32-20)17-8-12-26(13-9-17)18-10-14-27(15-11-18)23(29)31-24(4,5)6/h16-18H,7-15H2,1-6H3. The predicted molar refractivity (Wildman–Crippen MR) is 127 cm³/mol. The molecule has 7 nitrogen and oxygen atoms in total. The lowest BCUT2D eigenvalue weighted by molar-refractivity contribution is 0.0127. The summed E-state index contributed by atoms with van der Waals surface area (Å²) >= 11 is 1.52. The van der Waals surface area contributed by atoms with Gasteiger partial charge in [0.1, 0.15) is 10.5 Å². The van der Waals surface area contributed by atoms with Crippen LogP contribution in [0.4, 0.5) is 4.79 Å². The van der Waals surface area contributed by atoms with Crippen LogP contribution in [-0.4, -0.2) is 71.3 Å². The highest BCUT2D eigenvalue weighted by molar-refractivity contribution is 7.13. The van der Waals surface area contributed by atoms with Crippen molar-refractivity contribution < 1.29 is 19.1 Å². The number of aromatic nitrogens is 1. The summed E-state index contributed by atoms with van der Waals surface area (Å²) in [6, 6.07) is 0.521. The molecule has 2 saturated heterocycles. The molecule has 8 heteroatoms. The zero-order chi connectivity index (χ0) is 23.5. The van der Waals surface area contributed by atoms with Crippen LogP contribution in [0.3, 0.4) is 0 Å². The molecule has 2 aliphatic heterocycles. The van der Waals surface area contributed by atoms with Crippen LogP contribution < -0.4 is 0 Å². The lowest BCUT2D eigenvalue weighted by atomic mass is 9.94. The molecule has 2 fully saturated rings. The molecule has 0 bridgehead atoms. The maximum atomic E-state index is 12.4. The minimum Gasteiger partial charge on any atom is -0.462 e. The second kappa shape index (κ2) is 10.5. The Morgan fingerprint density at radius 1 is 1.09 bits per heavy atom. The number of carbonyl (C=O) groups is 2. The monoisotopic (exact) mass is 465 g/mol. The molecule has 0 radical (unpaired) electrons. The Hall–Kier alpha value is -1.67. The van der Waals surface area contributed by atoms with Crippen molar-refractivity contribution in [2.75, 3.05) is 32.8 Å². The minimum absolute atomic E-state index is 0.197. The Morgan fingerprint density at radius 2 is 1.72 bits per heavy atom. The maximum Gasteiger partial charge on any atom is 0.410 e. The predicted octanol–water partition coefficient (Wildman–Crippen LogP) is 5.02. The highest BCUT2D eigenvalue weighted by atomic mass is 32.1. The quantitative estimate of drug-likeness (QED) is 0.569. The summed E-state index contributed by atoms with van der Waals surface area (Å²) in [5.41, 5.74) is 0.425. The Balaban J connectivity index is 1.53. The molecule has 180 valence electrons. The van der Waals surface area contributed by atoms with Crippen LogP contribution in [0.5, 0.6) is 0 Å². The Labute approximate surface area is 196 Å². The average Bonchev–Trinajstić information content (AvgIpc) is 3.19. The van der Waals surface area contributed by atoms with Crippen molar-refractivity contribution in [3.8, 4) is 0 Å². The number of hydrogen-bond donors (Lipinski definition) is 0. The molecular formula is C24H39N3O4S. The third-order valence-corrected chi connectivity index (χ3v) is 7.40. The van der Waals surface area contributed by atoms with Crippen LogP contribution in [0.15, 0.2) is 0 Å². The molecule has 3 heterocycles. The van der Waals surface area contributed by atoms with Crippen molar-refractivity contribution in [1.29, 1.82) is 0 Å². The molecule has 0 N–H and O–H groups in total. The summed E-state index contributed by atoms with van der Waals surface area (Å²) in [7, 11) is 0. The van der Waals surface area contributed by atoms with Gasteiger partial charge in [-0.3, -0.25) is 0 Å². The van der Waals surface area contributed by atoms with E-state index in [1.165, 1.54) is 11.3 Å². The van der Waals surface area contributed by atoms with Crippen LogP contribution >= 0.6 is 11.3 Å². The van der Waals surface area contributed by atoms with E-state index in [2.05, 4.69) is 18.7 Å². The molecule has 1 amide bonds. The minimum atomic E-state index is -0.450. The van der Waals surface area contributed by atoms with Gasteiger partial charge in [0, 0.05) is 25.0 Å². The van der Waals surface area contributed by atoms with E-state index in [1.54, 1.807) is 0 Å². The number of hydrogen-bond acceptors (Lipinski definition) is 7. The fraction of sp³-hybridized carbons (Fsp3) is 0.792. The smallest absolute Gasteiger partial charge is 0.410 e. The van der Waals surface area contributed by atoms with Gasteiger partial charge >= 0.3 is 12.1 Å². The van der Waals surface area contributed by atoms with Gasteiger partial charge in [-0.05, 0) is 72.4 Å². The summed E-state index contributed by atoms with van der Waals surface area (Å²) in [4.78, 5) is 34.7. The number of piperidine rings is 2.